The van der Waals surface area contributed by atoms with Gasteiger partial charge in [0.15, 0.2) is 0 Å². The number of hydrogen-bond donors (Lipinski definition) is 1. The molecule has 2 rings (SSSR count). The molecule has 0 saturated carbocycles. The summed E-state index contributed by atoms with van der Waals surface area (Å²) in [7, 11) is 0. The highest BCUT2D eigenvalue weighted by atomic mass is 19.4. The molecule has 1 N–H and O–H groups in total. The lowest BCUT2D eigenvalue weighted by atomic mass is 9.94. The SMILES string of the molecule is Cc1cc(F)ccc1C(O)c1ccccc1C(F)(F)F. The molecular weight excluding hydrogens is 272 g/mol. The van der Waals surface area contributed by atoms with Gasteiger partial charge in [0.1, 0.15) is 11.9 Å². The minimum absolute atomic E-state index is 0.241. The number of aliphatic hydroxyl groups excluding tert-OH is 1. The topological polar surface area (TPSA) is 20.2 Å². The quantitative estimate of drug-likeness (QED) is 0.818. The minimum atomic E-state index is -4.55. The van der Waals surface area contributed by atoms with E-state index >= 15 is 0 Å². The van der Waals surface area contributed by atoms with Crippen molar-refractivity contribution in [2.45, 2.75) is 19.2 Å². The number of alkyl halides is 3. The van der Waals surface area contributed by atoms with Crippen molar-refractivity contribution < 1.29 is 22.7 Å². The second kappa shape index (κ2) is 5.25. The first kappa shape index (κ1) is 14.5. The Bertz CT molecular complexity index is 620. The molecule has 0 bridgehead atoms. The van der Waals surface area contributed by atoms with Crippen LogP contribution < -0.4 is 0 Å². The number of rotatable bonds is 2. The normalized spacial score (nSPS) is 13.3. The van der Waals surface area contributed by atoms with Crippen LogP contribution in [0.5, 0.6) is 0 Å². The Morgan fingerprint density at radius 1 is 1.00 bits per heavy atom. The van der Waals surface area contributed by atoms with Gasteiger partial charge in [0.2, 0.25) is 0 Å². The van der Waals surface area contributed by atoms with Crippen LogP contribution in [0.25, 0.3) is 0 Å². The van der Waals surface area contributed by atoms with Gasteiger partial charge in [0.05, 0.1) is 5.56 Å². The second-order valence-corrected chi connectivity index (χ2v) is 4.49. The average Bonchev–Trinajstić information content (AvgIpc) is 2.37. The van der Waals surface area contributed by atoms with Gasteiger partial charge >= 0.3 is 6.18 Å². The zero-order chi connectivity index (χ0) is 14.9. The third-order valence-corrected chi connectivity index (χ3v) is 3.09. The fourth-order valence-corrected chi connectivity index (χ4v) is 2.11. The van der Waals surface area contributed by atoms with Crippen molar-refractivity contribution in [2.75, 3.05) is 0 Å². The van der Waals surface area contributed by atoms with Crippen LogP contribution in [0.3, 0.4) is 0 Å². The second-order valence-electron chi connectivity index (χ2n) is 4.49. The summed E-state index contributed by atoms with van der Waals surface area (Å²) in [5, 5.41) is 10.2. The Labute approximate surface area is 113 Å². The van der Waals surface area contributed by atoms with Gasteiger partial charge in [-0.2, -0.15) is 13.2 Å². The lowest BCUT2D eigenvalue weighted by Gasteiger charge is -2.19. The van der Waals surface area contributed by atoms with E-state index in [0.29, 0.717) is 5.56 Å². The van der Waals surface area contributed by atoms with Crippen LogP contribution in [-0.4, -0.2) is 5.11 Å². The first-order valence-corrected chi connectivity index (χ1v) is 5.91. The molecule has 0 aromatic heterocycles. The van der Waals surface area contributed by atoms with Gasteiger partial charge in [-0.05, 0) is 41.8 Å². The van der Waals surface area contributed by atoms with Gasteiger partial charge in [-0.3, -0.25) is 0 Å². The molecule has 5 heteroatoms. The molecule has 0 amide bonds. The summed E-state index contributed by atoms with van der Waals surface area (Å²) in [6.07, 6.45) is -6.00. The number of aliphatic hydroxyl groups is 1. The summed E-state index contributed by atoms with van der Waals surface area (Å²) in [5.41, 5.74) is -0.483. The van der Waals surface area contributed by atoms with E-state index < -0.39 is 23.7 Å². The Hall–Kier alpha value is -1.88. The Morgan fingerprint density at radius 3 is 2.25 bits per heavy atom. The van der Waals surface area contributed by atoms with Gasteiger partial charge < -0.3 is 5.11 Å². The number of hydrogen-bond acceptors (Lipinski definition) is 1. The van der Waals surface area contributed by atoms with Crippen molar-refractivity contribution in [3.05, 3.63) is 70.5 Å². The van der Waals surface area contributed by atoms with Gasteiger partial charge in [-0.25, -0.2) is 4.39 Å². The molecule has 106 valence electrons. The number of halogens is 4. The van der Waals surface area contributed by atoms with E-state index in [1.165, 1.54) is 37.3 Å². The van der Waals surface area contributed by atoms with Crippen LogP contribution in [0, 0.1) is 12.7 Å². The van der Waals surface area contributed by atoms with Crippen LogP contribution >= 0.6 is 0 Å². The molecule has 0 aliphatic carbocycles. The molecule has 1 atom stereocenters. The van der Waals surface area contributed by atoms with Crippen molar-refractivity contribution in [1.82, 2.24) is 0 Å². The highest BCUT2D eigenvalue weighted by Crippen LogP contribution is 2.37. The van der Waals surface area contributed by atoms with Crippen molar-refractivity contribution in [2.24, 2.45) is 0 Å². The average molecular weight is 284 g/mol. The van der Waals surface area contributed by atoms with E-state index in [1.807, 2.05) is 0 Å². The molecule has 0 spiro atoms. The summed E-state index contributed by atoms with van der Waals surface area (Å²) in [6, 6.07) is 8.40. The predicted octanol–water partition coefficient (Wildman–Crippen LogP) is 4.23. The van der Waals surface area contributed by atoms with Crippen LogP contribution in [0.1, 0.15) is 28.4 Å². The molecule has 20 heavy (non-hydrogen) atoms. The van der Waals surface area contributed by atoms with Crippen molar-refractivity contribution in [3.63, 3.8) is 0 Å². The molecule has 0 aliphatic heterocycles. The highest BCUT2D eigenvalue weighted by molar-refractivity contribution is 5.40. The van der Waals surface area contributed by atoms with Gasteiger partial charge in [-0.1, -0.05) is 24.3 Å². The standard InChI is InChI=1S/C15H12F4O/c1-9-8-10(16)6-7-11(9)14(20)12-4-2-3-5-13(12)15(17,18)19/h2-8,14,20H,1H3. The number of benzene rings is 2. The molecule has 0 aliphatic rings. The highest BCUT2D eigenvalue weighted by Gasteiger charge is 2.35. The van der Waals surface area contributed by atoms with Crippen molar-refractivity contribution >= 4 is 0 Å². The maximum absolute atomic E-state index is 13.0. The third kappa shape index (κ3) is 2.82. The van der Waals surface area contributed by atoms with Gasteiger partial charge in [0, 0.05) is 0 Å². The third-order valence-electron chi connectivity index (χ3n) is 3.09. The van der Waals surface area contributed by atoms with E-state index in [-0.39, 0.29) is 11.1 Å². The van der Waals surface area contributed by atoms with Gasteiger partial charge in [-0.15, -0.1) is 0 Å². The molecule has 2 aromatic carbocycles. The lowest BCUT2D eigenvalue weighted by molar-refractivity contribution is -0.139. The summed E-state index contributed by atoms with van der Waals surface area (Å²) >= 11 is 0. The minimum Gasteiger partial charge on any atom is -0.384 e. The molecule has 1 nitrogen and oxygen atoms in total. The number of aryl methyl sites for hydroxylation is 1. The van der Waals surface area contributed by atoms with Crippen LogP contribution in [0.4, 0.5) is 17.6 Å². The van der Waals surface area contributed by atoms with Crippen LogP contribution in [0.2, 0.25) is 0 Å². The fourth-order valence-electron chi connectivity index (χ4n) is 2.11. The van der Waals surface area contributed by atoms with Crippen molar-refractivity contribution in [1.29, 1.82) is 0 Å². The Balaban J connectivity index is 2.51. The molecule has 0 radical (unpaired) electrons. The van der Waals surface area contributed by atoms with E-state index in [9.17, 15) is 22.7 Å². The lowest BCUT2D eigenvalue weighted by Crippen LogP contribution is -2.13. The molecule has 1 unspecified atom stereocenters. The zero-order valence-electron chi connectivity index (χ0n) is 10.6. The van der Waals surface area contributed by atoms with Gasteiger partial charge in [0.25, 0.3) is 0 Å². The monoisotopic (exact) mass is 284 g/mol. The molecule has 0 heterocycles. The van der Waals surface area contributed by atoms with Crippen LogP contribution in [-0.2, 0) is 6.18 Å². The first-order valence-electron chi connectivity index (χ1n) is 5.91. The summed E-state index contributed by atoms with van der Waals surface area (Å²) in [4.78, 5) is 0. The van der Waals surface area contributed by atoms with E-state index in [0.717, 1.165) is 12.1 Å². The molecule has 2 aromatic rings. The summed E-state index contributed by atoms with van der Waals surface area (Å²) in [6.45, 7) is 1.54. The summed E-state index contributed by atoms with van der Waals surface area (Å²) < 4.78 is 51.8. The maximum atomic E-state index is 13.0. The fraction of sp³-hybridized carbons (Fsp3) is 0.200. The Morgan fingerprint density at radius 2 is 1.65 bits per heavy atom. The predicted molar refractivity (Wildman–Crippen MR) is 66.6 cm³/mol. The molecule has 0 saturated heterocycles. The smallest absolute Gasteiger partial charge is 0.384 e. The van der Waals surface area contributed by atoms with Crippen molar-refractivity contribution in [3.8, 4) is 0 Å². The molecular formula is C15H12F4O. The first-order chi connectivity index (χ1) is 9.30. The van der Waals surface area contributed by atoms with E-state index in [1.54, 1.807) is 0 Å². The molecule has 0 fully saturated rings. The van der Waals surface area contributed by atoms with Crippen LogP contribution in [0.15, 0.2) is 42.5 Å². The maximum Gasteiger partial charge on any atom is 0.416 e. The summed E-state index contributed by atoms with van der Waals surface area (Å²) in [5.74, 6) is -0.498. The van der Waals surface area contributed by atoms with E-state index in [2.05, 4.69) is 0 Å². The zero-order valence-corrected chi connectivity index (χ0v) is 10.6. The largest absolute Gasteiger partial charge is 0.416 e. The van der Waals surface area contributed by atoms with E-state index in [4.69, 9.17) is 0 Å². The Kier molecular flexibility index (Phi) is 3.81.